The first-order chi connectivity index (χ1) is 15.2. The van der Waals surface area contributed by atoms with Gasteiger partial charge in [-0.1, -0.05) is 0 Å². The number of carbonyl (C=O) groups is 1. The summed E-state index contributed by atoms with van der Waals surface area (Å²) in [5.74, 6) is -7.84. The first-order valence-electron chi connectivity index (χ1n) is 9.63. The number of hydrogen-bond donors (Lipinski definition) is 4. The molecule has 0 aromatic heterocycles. The molecule has 1 aliphatic carbocycles. The summed E-state index contributed by atoms with van der Waals surface area (Å²) in [6.07, 6.45) is -9.18. The van der Waals surface area contributed by atoms with Crippen molar-refractivity contribution in [2.24, 2.45) is 23.7 Å². The van der Waals surface area contributed by atoms with Crippen LogP contribution in [0.2, 0.25) is 0 Å². The first-order valence-corrected chi connectivity index (χ1v) is 9.63. The molecule has 0 bridgehead atoms. The number of ether oxygens (including phenoxy) is 1. The van der Waals surface area contributed by atoms with Crippen molar-refractivity contribution in [3.8, 4) is 0 Å². The Bertz CT molecular complexity index is 824. The number of aliphatic hydroxyl groups excluding tert-OH is 4. The Kier molecular flexibility index (Phi) is 7.78. The third kappa shape index (κ3) is 5.13. The van der Waals surface area contributed by atoms with Crippen LogP contribution < -0.4 is 0 Å². The molecule has 4 N–H and O–H groups in total. The Hall–Kier alpha value is -3.09. The van der Waals surface area contributed by atoms with Crippen molar-refractivity contribution in [2.75, 3.05) is 26.2 Å². The van der Waals surface area contributed by atoms with Gasteiger partial charge in [-0.15, -0.1) is 0 Å². The second kappa shape index (κ2) is 9.81. The van der Waals surface area contributed by atoms with Gasteiger partial charge in [0.25, 0.3) is 0 Å². The standard InChI is InChI=1S/C15H22N4O14/c20-7(2-16(25)26)12-6-1-11(24)33-15(6,10(23)5-19(31)32)14(9(22)4-18(29)30)13(12)8(21)3-17(27)28/h6-10,12-14,20-23H,1-5H2/t6?,7-,8+,9-,10+,12?,13?,14?,15?/m1/s1. The zero-order chi connectivity index (χ0) is 25.2. The molecule has 1 heterocycles. The summed E-state index contributed by atoms with van der Waals surface area (Å²) in [6, 6.07) is 0. The molecule has 0 aromatic carbocycles. The van der Waals surface area contributed by atoms with Crippen LogP contribution in [0.5, 0.6) is 0 Å². The van der Waals surface area contributed by atoms with E-state index < -0.39 is 112 Å². The van der Waals surface area contributed by atoms with Crippen LogP contribution in [-0.2, 0) is 9.53 Å². The molecule has 9 atom stereocenters. The number of nitrogens with zero attached hydrogens (tertiary/aromatic N) is 4. The molecular weight excluding hydrogens is 460 g/mol. The normalized spacial score (nSPS) is 32.3. The number of fused-ring (bicyclic) bond motifs is 1. The van der Waals surface area contributed by atoms with E-state index in [4.69, 9.17) is 4.74 Å². The summed E-state index contributed by atoms with van der Waals surface area (Å²) < 4.78 is 5.18. The molecule has 2 rings (SSSR count). The molecule has 0 amide bonds. The van der Waals surface area contributed by atoms with E-state index in [1.165, 1.54) is 0 Å². The summed E-state index contributed by atoms with van der Waals surface area (Å²) >= 11 is 0. The maximum atomic E-state index is 12.2. The van der Waals surface area contributed by atoms with Crippen molar-refractivity contribution in [1.82, 2.24) is 0 Å². The number of esters is 1. The Balaban J connectivity index is 2.73. The third-order valence-corrected chi connectivity index (χ3v) is 6.26. The number of nitro groups is 4. The molecule has 5 unspecified atom stereocenters. The smallest absolute Gasteiger partial charge is 0.306 e. The van der Waals surface area contributed by atoms with Crippen molar-refractivity contribution in [1.29, 1.82) is 0 Å². The van der Waals surface area contributed by atoms with Crippen LogP contribution in [-0.4, -0.2) is 102 Å². The highest BCUT2D eigenvalue weighted by Gasteiger charge is 2.74. The molecule has 1 saturated carbocycles. The van der Waals surface area contributed by atoms with E-state index in [2.05, 4.69) is 0 Å². The van der Waals surface area contributed by atoms with Gasteiger partial charge in [-0.05, 0) is 0 Å². The van der Waals surface area contributed by atoms with Gasteiger partial charge in [0.05, 0.1) is 6.42 Å². The number of rotatable bonds is 12. The van der Waals surface area contributed by atoms with Crippen molar-refractivity contribution < 1.29 is 49.7 Å². The average molecular weight is 482 g/mol. The summed E-state index contributed by atoms with van der Waals surface area (Å²) in [4.78, 5) is 52.3. The molecule has 2 fully saturated rings. The lowest BCUT2D eigenvalue weighted by molar-refractivity contribution is -0.503. The summed E-state index contributed by atoms with van der Waals surface area (Å²) in [5.41, 5.74) is -2.48. The Labute approximate surface area is 183 Å². The minimum atomic E-state index is -2.48. The van der Waals surface area contributed by atoms with Gasteiger partial charge in [-0.25, -0.2) is 0 Å². The van der Waals surface area contributed by atoms with Crippen molar-refractivity contribution >= 4 is 5.97 Å². The molecule has 0 radical (unpaired) electrons. The molecule has 1 saturated heterocycles. The molecule has 186 valence electrons. The summed E-state index contributed by atoms with van der Waals surface area (Å²) in [6.45, 7) is -4.98. The topological polar surface area (TPSA) is 280 Å². The molecule has 18 nitrogen and oxygen atoms in total. The van der Waals surface area contributed by atoms with E-state index >= 15 is 0 Å². The Morgan fingerprint density at radius 1 is 0.788 bits per heavy atom. The van der Waals surface area contributed by atoms with E-state index in [-0.39, 0.29) is 0 Å². The first kappa shape index (κ1) is 26.2. The maximum absolute atomic E-state index is 12.2. The van der Waals surface area contributed by atoms with Crippen LogP contribution in [0.25, 0.3) is 0 Å². The fraction of sp³-hybridized carbons (Fsp3) is 0.933. The minimum absolute atomic E-state index is 0.683. The molecule has 18 heteroatoms. The van der Waals surface area contributed by atoms with Gasteiger partial charge in [0.2, 0.25) is 26.2 Å². The average Bonchev–Trinajstić information content (AvgIpc) is 3.09. The fourth-order valence-corrected chi connectivity index (χ4v) is 5.43. The van der Waals surface area contributed by atoms with Gasteiger partial charge in [-0.3, -0.25) is 45.3 Å². The second-order valence-corrected chi connectivity index (χ2v) is 8.10. The van der Waals surface area contributed by atoms with Gasteiger partial charge >= 0.3 is 5.97 Å². The minimum Gasteiger partial charge on any atom is -0.455 e. The number of hydrogen-bond acceptors (Lipinski definition) is 14. The van der Waals surface area contributed by atoms with Crippen molar-refractivity contribution in [3.63, 3.8) is 0 Å². The van der Waals surface area contributed by atoms with E-state index in [0.717, 1.165) is 0 Å². The van der Waals surface area contributed by atoms with Crippen LogP contribution >= 0.6 is 0 Å². The molecule has 0 spiro atoms. The van der Waals surface area contributed by atoms with Crippen molar-refractivity contribution in [2.45, 2.75) is 36.4 Å². The number of aliphatic hydroxyl groups is 4. The lowest BCUT2D eigenvalue weighted by atomic mass is 9.74. The quantitative estimate of drug-likeness (QED) is 0.120. The second-order valence-electron chi connectivity index (χ2n) is 8.10. The zero-order valence-electron chi connectivity index (χ0n) is 16.8. The lowest BCUT2D eigenvalue weighted by Crippen LogP contribution is -2.58. The van der Waals surface area contributed by atoms with Crippen molar-refractivity contribution in [3.05, 3.63) is 40.5 Å². The zero-order valence-corrected chi connectivity index (χ0v) is 16.8. The van der Waals surface area contributed by atoms with Gasteiger partial charge in [-0.2, -0.15) is 0 Å². The number of carbonyl (C=O) groups excluding carboxylic acids is 1. The third-order valence-electron chi connectivity index (χ3n) is 6.26. The Morgan fingerprint density at radius 2 is 1.21 bits per heavy atom. The van der Waals surface area contributed by atoms with Gasteiger partial charge < -0.3 is 25.2 Å². The SMILES string of the molecule is O=C1CC2C([C@H](O)C[N+](=O)[O-])C([C@@H](O)C[N+](=O)[O-])C([C@H](O)C[N+](=O)[O-])C2([C@@H](O)C[N+](=O)[O-])O1. The Morgan fingerprint density at radius 3 is 1.67 bits per heavy atom. The van der Waals surface area contributed by atoms with Gasteiger partial charge in [0.1, 0.15) is 18.3 Å². The van der Waals surface area contributed by atoms with Crippen LogP contribution in [0.15, 0.2) is 0 Å². The molecule has 0 aromatic rings. The molecular formula is C15H22N4O14. The van der Waals surface area contributed by atoms with E-state index in [9.17, 15) is 65.7 Å². The van der Waals surface area contributed by atoms with Gasteiger partial charge in [0.15, 0.2) is 11.7 Å². The van der Waals surface area contributed by atoms with Crippen LogP contribution in [0.4, 0.5) is 0 Å². The highest BCUT2D eigenvalue weighted by atomic mass is 16.6. The fourth-order valence-electron chi connectivity index (χ4n) is 5.43. The van der Waals surface area contributed by atoms with Gasteiger partial charge in [0, 0.05) is 43.4 Å². The van der Waals surface area contributed by atoms with Crippen LogP contribution in [0.1, 0.15) is 6.42 Å². The molecule has 2 aliphatic rings. The molecule has 1 aliphatic heterocycles. The van der Waals surface area contributed by atoms with E-state index in [1.807, 2.05) is 0 Å². The lowest BCUT2D eigenvalue weighted by Gasteiger charge is -2.39. The summed E-state index contributed by atoms with van der Waals surface area (Å²) in [7, 11) is 0. The van der Waals surface area contributed by atoms with Crippen LogP contribution in [0, 0.1) is 64.1 Å². The molecule has 33 heavy (non-hydrogen) atoms. The predicted molar refractivity (Wildman–Crippen MR) is 98.9 cm³/mol. The predicted octanol–water partition coefficient (Wildman–Crippen LogP) is -3.30. The van der Waals surface area contributed by atoms with E-state index in [0.29, 0.717) is 0 Å². The largest absolute Gasteiger partial charge is 0.455 e. The van der Waals surface area contributed by atoms with E-state index in [1.54, 1.807) is 0 Å². The highest BCUT2D eigenvalue weighted by molar-refractivity contribution is 5.74. The van der Waals surface area contributed by atoms with Crippen LogP contribution in [0.3, 0.4) is 0 Å². The maximum Gasteiger partial charge on any atom is 0.306 e. The highest BCUT2D eigenvalue weighted by Crippen LogP contribution is 2.60. The summed E-state index contributed by atoms with van der Waals surface area (Å²) in [5, 5.41) is 86.5. The monoisotopic (exact) mass is 482 g/mol.